The van der Waals surface area contributed by atoms with Crippen molar-refractivity contribution in [1.82, 2.24) is 9.80 Å². The number of amides is 1. The van der Waals surface area contributed by atoms with E-state index < -0.39 is 0 Å². The molecule has 1 atom stereocenters. The smallest absolute Gasteiger partial charge is 0.257 e. The molecule has 1 fully saturated rings. The third-order valence-electron chi connectivity index (χ3n) is 3.78. The highest BCUT2D eigenvalue weighted by atomic mass is 16.3. The fraction of sp³-hybridized carbons (Fsp3) is 0.533. The molecule has 1 saturated heterocycles. The fourth-order valence-electron chi connectivity index (χ4n) is 2.66. The van der Waals surface area contributed by atoms with Crippen molar-refractivity contribution in [3.63, 3.8) is 0 Å². The van der Waals surface area contributed by atoms with E-state index in [0.717, 1.165) is 31.6 Å². The first-order valence-electron chi connectivity index (χ1n) is 6.79. The lowest BCUT2D eigenvalue weighted by molar-refractivity contribution is 0.0693. The van der Waals surface area contributed by atoms with Gasteiger partial charge in [0, 0.05) is 19.1 Å². The molecule has 1 heterocycles. The number of aromatic hydroxyl groups is 1. The molecule has 1 aromatic carbocycles. The van der Waals surface area contributed by atoms with Gasteiger partial charge in [-0.1, -0.05) is 12.1 Å². The summed E-state index contributed by atoms with van der Waals surface area (Å²) < 4.78 is 0. The van der Waals surface area contributed by atoms with Crippen molar-refractivity contribution >= 4 is 5.91 Å². The summed E-state index contributed by atoms with van der Waals surface area (Å²) >= 11 is 0. The summed E-state index contributed by atoms with van der Waals surface area (Å²) in [6.07, 6.45) is 0.971. The van der Waals surface area contributed by atoms with Crippen LogP contribution >= 0.6 is 0 Å². The molecule has 0 radical (unpaired) electrons. The average Bonchev–Trinajstić information content (AvgIpc) is 2.53. The first-order chi connectivity index (χ1) is 9.00. The number of likely N-dealkylation sites (N-methyl/N-ethyl adjacent to an activating group) is 1. The summed E-state index contributed by atoms with van der Waals surface area (Å²) in [6, 6.07) is 5.49. The minimum atomic E-state index is -0.0657. The fourth-order valence-corrected chi connectivity index (χ4v) is 2.66. The van der Waals surface area contributed by atoms with Crippen molar-refractivity contribution in [2.24, 2.45) is 0 Å². The Balaban J connectivity index is 2.25. The summed E-state index contributed by atoms with van der Waals surface area (Å²) in [7, 11) is 2.08. The van der Waals surface area contributed by atoms with Gasteiger partial charge in [-0.2, -0.15) is 0 Å². The normalized spacial score (nSPS) is 21.2. The zero-order valence-electron chi connectivity index (χ0n) is 11.9. The summed E-state index contributed by atoms with van der Waals surface area (Å²) in [6.45, 7) is 6.50. The molecule has 1 amide bonds. The first kappa shape index (κ1) is 13.9. The molecule has 0 bridgehead atoms. The predicted octanol–water partition coefficient (Wildman–Crippen LogP) is 1.87. The second-order valence-corrected chi connectivity index (χ2v) is 5.43. The van der Waals surface area contributed by atoms with Gasteiger partial charge in [0.25, 0.3) is 5.91 Å². The molecular weight excluding hydrogens is 240 g/mol. The van der Waals surface area contributed by atoms with Crippen molar-refractivity contribution in [2.75, 3.05) is 26.7 Å². The minimum Gasteiger partial charge on any atom is -0.507 e. The van der Waals surface area contributed by atoms with Crippen molar-refractivity contribution in [3.05, 3.63) is 29.3 Å². The molecular formula is C15H22N2O2. The second-order valence-electron chi connectivity index (χ2n) is 5.43. The lowest BCUT2D eigenvalue weighted by atomic mass is 10.1. The number of hydrogen-bond donors (Lipinski definition) is 1. The Kier molecular flexibility index (Phi) is 4.10. The monoisotopic (exact) mass is 262 g/mol. The Hall–Kier alpha value is -1.55. The van der Waals surface area contributed by atoms with E-state index in [-0.39, 0.29) is 17.7 Å². The standard InChI is InChI=1S/C15H22N2O2/c1-11-6-4-7-13(14(11)18)15(19)17-9-5-8-16(3)10-12(17)2/h4,6-7,12,18H,5,8-10H2,1-3H3. The molecule has 0 aliphatic carbocycles. The van der Waals surface area contributed by atoms with Gasteiger partial charge in [-0.15, -0.1) is 0 Å². The maximum atomic E-state index is 12.6. The molecule has 2 rings (SSSR count). The molecule has 0 saturated carbocycles. The van der Waals surface area contributed by atoms with Crippen LogP contribution in [0.2, 0.25) is 0 Å². The number of benzene rings is 1. The van der Waals surface area contributed by atoms with Gasteiger partial charge in [0.2, 0.25) is 0 Å². The van der Waals surface area contributed by atoms with Crippen LogP contribution in [0.3, 0.4) is 0 Å². The Bertz CT molecular complexity index is 473. The molecule has 4 nitrogen and oxygen atoms in total. The minimum absolute atomic E-state index is 0.0657. The van der Waals surface area contributed by atoms with Gasteiger partial charge in [-0.25, -0.2) is 0 Å². The summed E-state index contributed by atoms with van der Waals surface area (Å²) in [5.74, 6) is 0.0429. The molecule has 0 aromatic heterocycles. The Morgan fingerprint density at radius 1 is 1.37 bits per heavy atom. The molecule has 1 aliphatic heterocycles. The van der Waals surface area contributed by atoms with E-state index in [4.69, 9.17) is 0 Å². The molecule has 1 aliphatic rings. The zero-order valence-corrected chi connectivity index (χ0v) is 11.9. The van der Waals surface area contributed by atoms with E-state index in [1.165, 1.54) is 0 Å². The number of hydrogen-bond acceptors (Lipinski definition) is 3. The second kappa shape index (κ2) is 5.61. The van der Waals surface area contributed by atoms with E-state index in [0.29, 0.717) is 5.56 Å². The quantitative estimate of drug-likeness (QED) is 0.840. The Morgan fingerprint density at radius 3 is 2.84 bits per heavy atom. The van der Waals surface area contributed by atoms with Gasteiger partial charge in [-0.3, -0.25) is 4.79 Å². The van der Waals surface area contributed by atoms with Crippen LogP contribution in [0.25, 0.3) is 0 Å². The molecule has 4 heteroatoms. The van der Waals surface area contributed by atoms with Gasteiger partial charge in [0.1, 0.15) is 5.75 Å². The highest BCUT2D eigenvalue weighted by Gasteiger charge is 2.26. The van der Waals surface area contributed by atoms with Gasteiger partial charge < -0.3 is 14.9 Å². The van der Waals surface area contributed by atoms with Crippen LogP contribution in [0.5, 0.6) is 5.75 Å². The maximum absolute atomic E-state index is 12.6. The third kappa shape index (κ3) is 2.89. The number of aryl methyl sites for hydroxylation is 1. The number of phenols is 1. The molecule has 19 heavy (non-hydrogen) atoms. The SMILES string of the molecule is Cc1cccc(C(=O)N2CCCN(C)CC2C)c1O. The maximum Gasteiger partial charge on any atom is 0.257 e. The van der Waals surface area contributed by atoms with Gasteiger partial charge in [-0.05, 0) is 45.5 Å². The van der Waals surface area contributed by atoms with Crippen LogP contribution in [0.4, 0.5) is 0 Å². The van der Waals surface area contributed by atoms with Crippen LogP contribution in [-0.4, -0.2) is 53.5 Å². The Morgan fingerprint density at radius 2 is 2.11 bits per heavy atom. The van der Waals surface area contributed by atoms with E-state index in [1.807, 2.05) is 24.0 Å². The third-order valence-corrected chi connectivity index (χ3v) is 3.78. The highest BCUT2D eigenvalue weighted by molar-refractivity contribution is 5.97. The molecule has 1 aromatic rings. The highest BCUT2D eigenvalue weighted by Crippen LogP contribution is 2.24. The average molecular weight is 262 g/mol. The lowest BCUT2D eigenvalue weighted by Crippen LogP contribution is -2.42. The van der Waals surface area contributed by atoms with E-state index in [9.17, 15) is 9.90 Å². The van der Waals surface area contributed by atoms with Crippen LogP contribution in [0, 0.1) is 6.92 Å². The number of carbonyl (C=O) groups is 1. The topological polar surface area (TPSA) is 43.8 Å². The number of rotatable bonds is 1. The van der Waals surface area contributed by atoms with Crippen LogP contribution in [-0.2, 0) is 0 Å². The number of para-hydroxylation sites is 1. The van der Waals surface area contributed by atoms with E-state index in [1.54, 1.807) is 6.07 Å². The predicted molar refractivity (Wildman–Crippen MR) is 75.5 cm³/mol. The van der Waals surface area contributed by atoms with E-state index in [2.05, 4.69) is 18.9 Å². The molecule has 1 unspecified atom stereocenters. The van der Waals surface area contributed by atoms with Crippen molar-refractivity contribution in [2.45, 2.75) is 26.3 Å². The summed E-state index contributed by atoms with van der Waals surface area (Å²) in [4.78, 5) is 16.7. The molecule has 1 N–H and O–H groups in total. The van der Waals surface area contributed by atoms with Crippen LogP contribution < -0.4 is 0 Å². The van der Waals surface area contributed by atoms with Crippen LogP contribution in [0.1, 0.15) is 29.3 Å². The number of nitrogens with zero attached hydrogens (tertiary/aromatic N) is 2. The van der Waals surface area contributed by atoms with Crippen molar-refractivity contribution in [1.29, 1.82) is 0 Å². The van der Waals surface area contributed by atoms with Crippen LogP contribution in [0.15, 0.2) is 18.2 Å². The Labute approximate surface area is 114 Å². The summed E-state index contributed by atoms with van der Waals surface area (Å²) in [5, 5.41) is 10.0. The van der Waals surface area contributed by atoms with Crippen molar-refractivity contribution < 1.29 is 9.90 Å². The first-order valence-corrected chi connectivity index (χ1v) is 6.79. The zero-order chi connectivity index (χ0) is 14.0. The van der Waals surface area contributed by atoms with Gasteiger partial charge in [0.15, 0.2) is 0 Å². The number of phenolic OH excluding ortho intramolecular Hbond substituents is 1. The largest absolute Gasteiger partial charge is 0.507 e. The van der Waals surface area contributed by atoms with E-state index >= 15 is 0 Å². The molecule has 104 valence electrons. The van der Waals surface area contributed by atoms with Gasteiger partial charge >= 0.3 is 0 Å². The lowest BCUT2D eigenvalue weighted by Gasteiger charge is -2.28. The van der Waals surface area contributed by atoms with Crippen molar-refractivity contribution in [3.8, 4) is 5.75 Å². The summed E-state index contributed by atoms with van der Waals surface area (Å²) in [5.41, 5.74) is 1.15. The molecule has 0 spiro atoms. The number of carbonyl (C=O) groups excluding carboxylic acids is 1. The van der Waals surface area contributed by atoms with Gasteiger partial charge in [0.05, 0.1) is 5.56 Å².